The Bertz CT molecular complexity index is 700. The van der Waals surface area contributed by atoms with Crippen molar-refractivity contribution in [2.45, 2.75) is 38.8 Å². The minimum absolute atomic E-state index is 0. The fraction of sp³-hybridized carbons (Fsp3) is 0.333. The molecule has 130 valence electrons. The van der Waals surface area contributed by atoms with Crippen LogP contribution in [0.4, 0.5) is 5.69 Å². The second kappa shape index (κ2) is 9.25. The molecule has 0 saturated carbocycles. The summed E-state index contributed by atoms with van der Waals surface area (Å²) in [6.07, 6.45) is 1.23. The molecule has 0 aliphatic carbocycles. The minimum Gasteiger partial charge on any atom is -0.480 e. The van der Waals surface area contributed by atoms with Crippen molar-refractivity contribution in [3.8, 4) is 0 Å². The topological polar surface area (TPSA) is 78.4 Å². The van der Waals surface area contributed by atoms with Gasteiger partial charge in [0, 0.05) is 11.1 Å². The fourth-order valence-electron chi connectivity index (χ4n) is 2.52. The Morgan fingerprint density at radius 2 is 1.79 bits per heavy atom. The number of rotatable bonds is 7. The van der Waals surface area contributed by atoms with E-state index in [9.17, 15) is 14.7 Å². The molecule has 2 unspecified atom stereocenters. The fourth-order valence-corrected chi connectivity index (χ4v) is 2.52. The summed E-state index contributed by atoms with van der Waals surface area (Å²) in [5.74, 6) is -1.18. The Morgan fingerprint density at radius 3 is 2.46 bits per heavy atom. The number of benzene rings is 2. The first kappa shape index (κ1) is 19.9. The van der Waals surface area contributed by atoms with Gasteiger partial charge in [-0.1, -0.05) is 49.7 Å². The molecule has 0 heterocycles. The zero-order chi connectivity index (χ0) is 16.8. The lowest BCUT2D eigenvalue weighted by atomic mass is 10.1. The highest BCUT2D eigenvalue weighted by Gasteiger charge is 2.22. The van der Waals surface area contributed by atoms with Gasteiger partial charge in [-0.25, -0.2) is 0 Å². The lowest BCUT2D eigenvalue weighted by Gasteiger charge is -2.19. The zero-order valence-electron chi connectivity index (χ0n) is 13.8. The van der Waals surface area contributed by atoms with Gasteiger partial charge in [-0.15, -0.1) is 12.4 Å². The molecular weight excluding hydrogens is 328 g/mol. The number of fused-ring (bicyclic) bond motifs is 1. The molecular formula is C18H23ClN2O3. The summed E-state index contributed by atoms with van der Waals surface area (Å²) in [6, 6.07) is 12.2. The number of carbonyl (C=O) groups is 2. The molecule has 5 nitrogen and oxygen atoms in total. The molecule has 6 heteroatoms. The molecule has 0 aliphatic heterocycles. The Morgan fingerprint density at radius 1 is 1.12 bits per heavy atom. The predicted molar refractivity (Wildman–Crippen MR) is 98.8 cm³/mol. The van der Waals surface area contributed by atoms with Crippen LogP contribution >= 0.6 is 12.4 Å². The van der Waals surface area contributed by atoms with Crippen LogP contribution in [0.15, 0.2) is 42.5 Å². The van der Waals surface area contributed by atoms with Gasteiger partial charge < -0.3 is 10.4 Å². The third-order valence-corrected chi connectivity index (χ3v) is 3.77. The number of anilines is 1. The van der Waals surface area contributed by atoms with Crippen LogP contribution in [-0.4, -0.2) is 29.1 Å². The summed E-state index contributed by atoms with van der Waals surface area (Å²) in [4.78, 5) is 23.5. The van der Waals surface area contributed by atoms with Crippen molar-refractivity contribution in [1.82, 2.24) is 5.32 Å². The molecule has 0 radical (unpaired) electrons. The van der Waals surface area contributed by atoms with Gasteiger partial charge >= 0.3 is 5.97 Å². The number of hydrogen-bond donors (Lipinski definition) is 3. The molecule has 0 saturated heterocycles. The second-order valence-corrected chi connectivity index (χ2v) is 5.58. The summed E-state index contributed by atoms with van der Waals surface area (Å²) in [6.45, 7) is 3.59. The van der Waals surface area contributed by atoms with Gasteiger partial charge in [-0.3, -0.25) is 14.9 Å². The third-order valence-electron chi connectivity index (χ3n) is 3.77. The van der Waals surface area contributed by atoms with E-state index in [4.69, 9.17) is 0 Å². The quantitative estimate of drug-likeness (QED) is 0.714. The summed E-state index contributed by atoms with van der Waals surface area (Å²) in [5.41, 5.74) is 0.726. The normalized spacial score (nSPS) is 12.9. The van der Waals surface area contributed by atoms with Gasteiger partial charge in [0.15, 0.2) is 0 Å². The van der Waals surface area contributed by atoms with E-state index in [-0.39, 0.29) is 18.3 Å². The highest BCUT2D eigenvalue weighted by molar-refractivity contribution is 6.03. The molecule has 2 aromatic carbocycles. The van der Waals surface area contributed by atoms with Crippen molar-refractivity contribution in [1.29, 1.82) is 0 Å². The van der Waals surface area contributed by atoms with Crippen LogP contribution in [0.3, 0.4) is 0 Å². The SMILES string of the molecule is CCCC(NC(C)C(=O)Nc1cccc2ccccc12)C(=O)O.Cl. The maximum atomic E-state index is 12.4. The molecule has 24 heavy (non-hydrogen) atoms. The number of carbonyl (C=O) groups excluding carboxylic acids is 1. The maximum Gasteiger partial charge on any atom is 0.320 e. The molecule has 2 atom stereocenters. The molecule has 0 aliphatic rings. The molecule has 2 rings (SSSR count). The highest BCUT2D eigenvalue weighted by Crippen LogP contribution is 2.23. The van der Waals surface area contributed by atoms with Crippen molar-refractivity contribution >= 4 is 40.7 Å². The number of nitrogens with one attached hydrogen (secondary N) is 2. The predicted octanol–water partition coefficient (Wildman–Crippen LogP) is 3.43. The van der Waals surface area contributed by atoms with Crippen LogP contribution in [0.1, 0.15) is 26.7 Å². The average molecular weight is 351 g/mol. The Balaban J connectivity index is 0.00000288. The average Bonchev–Trinajstić information content (AvgIpc) is 2.54. The number of amides is 1. The van der Waals surface area contributed by atoms with Crippen molar-refractivity contribution in [3.05, 3.63) is 42.5 Å². The van der Waals surface area contributed by atoms with E-state index >= 15 is 0 Å². The third kappa shape index (κ3) is 4.94. The molecule has 2 aromatic rings. The number of hydrogen-bond acceptors (Lipinski definition) is 3. The second-order valence-electron chi connectivity index (χ2n) is 5.58. The van der Waals surface area contributed by atoms with Gasteiger partial charge in [0.2, 0.25) is 5.91 Å². The summed E-state index contributed by atoms with van der Waals surface area (Å²) >= 11 is 0. The molecule has 1 amide bonds. The zero-order valence-corrected chi connectivity index (χ0v) is 14.6. The molecule has 0 spiro atoms. The van der Waals surface area contributed by atoms with Crippen molar-refractivity contribution in [2.24, 2.45) is 0 Å². The van der Waals surface area contributed by atoms with E-state index in [1.807, 2.05) is 49.4 Å². The van der Waals surface area contributed by atoms with Crippen LogP contribution < -0.4 is 10.6 Å². The summed E-state index contributed by atoms with van der Waals surface area (Å²) in [5, 5.41) is 16.9. The van der Waals surface area contributed by atoms with Gasteiger partial charge in [-0.05, 0) is 24.8 Å². The first-order valence-corrected chi connectivity index (χ1v) is 7.80. The summed E-state index contributed by atoms with van der Waals surface area (Å²) < 4.78 is 0. The van der Waals surface area contributed by atoms with Crippen LogP contribution in [-0.2, 0) is 9.59 Å². The van der Waals surface area contributed by atoms with E-state index in [0.717, 1.165) is 22.9 Å². The van der Waals surface area contributed by atoms with Gasteiger partial charge in [-0.2, -0.15) is 0 Å². The van der Waals surface area contributed by atoms with Crippen LogP contribution in [0, 0.1) is 0 Å². The van der Waals surface area contributed by atoms with Crippen molar-refractivity contribution in [2.75, 3.05) is 5.32 Å². The maximum absolute atomic E-state index is 12.4. The minimum atomic E-state index is -0.934. The van der Waals surface area contributed by atoms with Gasteiger partial charge in [0.05, 0.1) is 6.04 Å². The lowest BCUT2D eigenvalue weighted by molar-refractivity contribution is -0.140. The Hall–Kier alpha value is -2.11. The number of carboxylic acid groups (broad SMARTS) is 1. The number of carboxylic acids is 1. The highest BCUT2D eigenvalue weighted by atomic mass is 35.5. The van der Waals surface area contributed by atoms with Crippen LogP contribution in [0.2, 0.25) is 0 Å². The standard InChI is InChI=1S/C18H22N2O3.ClH/c1-3-7-16(18(22)23)19-12(2)17(21)20-15-11-6-9-13-8-4-5-10-14(13)15;/h4-6,8-12,16,19H,3,7H2,1-2H3,(H,20,21)(H,22,23);1H. The van der Waals surface area contributed by atoms with Gasteiger partial charge in [0.1, 0.15) is 6.04 Å². The molecule has 0 fully saturated rings. The molecule has 0 bridgehead atoms. The monoisotopic (exact) mass is 350 g/mol. The molecule has 3 N–H and O–H groups in total. The van der Waals surface area contributed by atoms with E-state index in [1.54, 1.807) is 6.92 Å². The summed E-state index contributed by atoms with van der Waals surface area (Å²) in [7, 11) is 0. The number of aliphatic carboxylic acids is 1. The first-order valence-electron chi connectivity index (χ1n) is 7.80. The number of halogens is 1. The smallest absolute Gasteiger partial charge is 0.320 e. The molecule has 0 aromatic heterocycles. The first-order chi connectivity index (χ1) is 11.0. The van der Waals surface area contributed by atoms with Gasteiger partial charge in [0.25, 0.3) is 0 Å². The Kier molecular flexibility index (Phi) is 7.68. The van der Waals surface area contributed by atoms with E-state index in [1.165, 1.54) is 0 Å². The van der Waals surface area contributed by atoms with E-state index in [0.29, 0.717) is 6.42 Å². The van der Waals surface area contributed by atoms with Crippen molar-refractivity contribution in [3.63, 3.8) is 0 Å². The lowest BCUT2D eigenvalue weighted by Crippen LogP contribution is -2.47. The van der Waals surface area contributed by atoms with Crippen molar-refractivity contribution < 1.29 is 14.7 Å². The Labute approximate surface area is 147 Å². The van der Waals surface area contributed by atoms with Crippen LogP contribution in [0.5, 0.6) is 0 Å². The van der Waals surface area contributed by atoms with E-state index in [2.05, 4.69) is 10.6 Å². The van der Waals surface area contributed by atoms with E-state index < -0.39 is 18.1 Å². The van der Waals surface area contributed by atoms with Crippen LogP contribution in [0.25, 0.3) is 10.8 Å². The largest absolute Gasteiger partial charge is 0.480 e.